The highest BCUT2D eigenvalue weighted by atomic mass is 35.5. The van der Waals surface area contributed by atoms with Gasteiger partial charge in [-0.1, -0.05) is 53.5 Å². The van der Waals surface area contributed by atoms with Gasteiger partial charge in [0.2, 0.25) is 0 Å². The second-order valence-corrected chi connectivity index (χ2v) is 8.00. The third-order valence-corrected chi connectivity index (χ3v) is 5.73. The van der Waals surface area contributed by atoms with E-state index in [0.717, 1.165) is 52.6 Å². The smallest absolute Gasteiger partial charge is 0.133 e. The average Bonchev–Trinajstić information content (AvgIpc) is 3.38. The monoisotopic (exact) mass is 435 g/mol. The number of anilines is 1. The summed E-state index contributed by atoms with van der Waals surface area (Å²) in [6, 6.07) is 23.5. The van der Waals surface area contributed by atoms with E-state index in [1.807, 2.05) is 59.3 Å². The maximum atomic E-state index is 6.45. The molecule has 2 heterocycles. The van der Waals surface area contributed by atoms with Gasteiger partial charge in [-0.3, -0.25) is 0 Å². The van der Waals surface area contributed by atoms with Crippen LogP contribution in [-0.4, -0.2) is 16.3 Å². The highest BCUT2D eigenvalue weighted by Gasteiger charge is 2.25. The van der Waals surface area contributed by atoms with Gasteiger partial charge < -0.3 is 10.1 Å². The Morgan fingerprint density at radius 1 is 0.967 bits per heavy atom. The number of halogens is 2. The van der Waals surface area contributed by atoms with Crippen LogP contribution in [0.25, 0.3) is 16.9 Å². The zero-order valence-corrected chi connectivity index (χ0v) is 17.6. The highest BCUT2D eigenvalue weighted by molar-refractivity contribution is 6.35. The van der Waals surface area contributed by atoms with E-state index < -0.39 is 0 Å². The fourth-order valence-electron chi connectivity index (χ4n) is 3.68. The summed E-state index contributed by atoms with van der Waals surface area (Å²) in [5.41, 5.74) is 4.97. The van der Waals surface area contributed by atoms with E-state index in [-0.39, 0.29) is 0 Å². The Labute approximate surface area is 185 Å². The van der Waals surface area contributed by atoms with Gasteiger partial charge in [0, 0.05) is 22.7 Å². The molecule has 0 amide bonds. The molecule has 0 radical (unpaired) electrons. The summed E-state index contributed by atoms with van der Waals surface area (Å²) in [7, 11) is 0. The molecule has 5 rings (SSSR count). The van der Waals surface area contributed by atoms with Gasteiger partial charge in [0.25, 0.3) is 0 Å². The summed E-state index contributed by atoms with van der Waals surface area (Å²) >= 11 is 12.7. The molecule has 0 aliphatic carbocycles. The van der Waals surface area contributed by atoms with Crippen molar-refractivity contribution in [3.05, 3.63) is 94.0 Å². The molecule has 6 heteroatoms. The van der Waals surface area contributed by atoms with Crippen LogP contribution in [0.3, 0.4) is 0 Å². The quantitative estimate of drug-likeness (QED) is 0.394. The van der Waals surface area contributed by atoms with Crippen molar-refractivity contribution in [2.24, 2.45) is 0 Å². The first kappa shape index (κ1) is 19.0. The second-order valence-electron chi connectivity index (χ2n) is 7.16. The van der Waals surface area contributed by atoms with E-state index in [2.05, 4.69) is 17.4 Å². The maximum Gasteiger partial charge on any atom is 0.133 e. The zero-order chi connectivity index (χ0) is 20.5. The minimum absolute atomic E-state index is 0.538. The van der Waals surface area contributed by atoms with E-state index >= 15 is 0 Å². The summed E-state index contributed by atoms with van der Waals surface area (Å²) in [5, 5.41) is 9.60. The van der Waals surface area contributed by atoms with E-state index in [0.29, 0.717) is 16.7 Å². The molecule has 0 unspecified atom stereocenters. The largest absolute Gasteiger partial charge is 0.489 e. The first-order chi connectivity index (χ1) is 14.7. The van der Waals surface area contributed by atoms with Crippen LogP contribution in [-0.2, 0) is 13.0 Å². The lowest BCUT2D eigenvalue weighted by Gasteiger charge is -2.09. The van der Waals surface area contributed by atoms with Crippen LogP contribution < -0.4 is 10.1 Å². The molecule has 0 saturated heterocycles. The number of benzene rings is 3. The van der Waals surface area contributed by atoms with Gasteiger partial charge in [-0.15, -0.1) is 0 Å². The van der Waals surface area contributed by atoms with E-state index in [4.69, 9.17) is 33.0 Å². The number of hydrogen-bond donors (Lipinski definition) is 1. The summed E-state index contributed by atoms with van der Waals surface area (Å²) in [6.45, 7) is 1.41. The number of fused-ring (bicyclic) bond motifs is 1. The Morgan fingerprint density at radius 2 is 1.77 bits per heavy atom. The van der Waals surface area contributed by atoms with Crippen molar-refractivity contribution < 1.29 is 4.74 Å². The Hall–Kier alpha value is -2.95. The maximum absolute atomic E-state index is 6.45. The predicted octanol–water partition coefficient (Wildman–Crippen LogP) is 6.39. The molecule has 1 aromatic heterocycles. The molecule has 3 aromatic carbocycles. The van der Waals surface area contributed by atoms with E-state index in [1.165, 1.54) is 0 Å². The topological polar surface area (TPSA) is 39.1 Å². The molecule has 0 saturated carbocycles. The van der Waals surface area contributed by atoms with Gasteiger partial charge in [0.15, 0.2) is 0 Å². The third-order valence-electron chi connectivity index (χ3n) is 5.16. The van der Waals surface area contributed by atoms with Gasteiger partial charge in [-0.25, -0.2) is 4.68 Å². The molecule has 4 aromatic rings. The lowest BCUT2D eigenvalue weighted by Crippen LogP contribution is -2.04. The van der Waals surface area contributed by atoms with E-state index in [1.54, 1.807) is 6.07 Å². The van der Waals surface area contributed by atoms with Crippen molar-refractivity contribution in [2.45, 2.75) is 13.0 Å². The molecule has 150 valence electrons. The van der Waals surface area contributed by atoms with Crippen LogP contribution in [0.1, 0.15) is 11.1 Å². The fourth-order valence-corrected chi connectivity index (χ4v) is 4.06. The molecule has 30 heavy (non-hydrogen) atoms. The SMILES string of the molecule is Clc1ccc(Cl)c(-c2nn(-c3ccc(OCc4ccccc4)cc3)c3c2CCN3)c1. The number of aromatic nitrogens is 2. The van der Waals surface area contributed by atoms with Crippen LogP contribution in [0.4, 0.5) is 5.82 Å². The van der Waals surface area contributed by atoms with Gasteiger partial charge in [0.05, 0.1) is 16.4 Å². The number of rotatable bonds is 5. The molecule has 1 aliphatic rings. The second kappa shape index (κ2) is 8.05. The van der Waals surface area contributed by atoms with Crippen LogP contribution in [0.2, 0.25) is 10.0 Å². The first-order valence-electron chi connectivity index (χ1n) is 9.77. The zero-order valence-electron chi connectivity index (χ0n) is 16.1. The van der Waals surface area contributed by atoms with Crippen LogP contribution in [0.15, 0.2) is 72.8 Å². The standard InChI is InChI=1S/C24H19Cl2N3O/c25-17-6-11-22(26)21(14-17)23-20-12-13-27-24(20)29(28-23)18-7-9-19(10-8-18)30-15-16-4-2-1-3-5-16/h1-11,14,27H,12-13,15H2. The molecule has 4 nitrogen and oxygen atoms in total. The number of ether oxygens (including phenoxy) is 1. The third kappa shape index (κ3) is 3.64. The van der Waals surface area contributed by atoms with Gasteiger partial charge in [-0.05, 0) is 54.4 Å². The Kier molecular flexibility index (Phi) is 5.11. The summed E-state index contributed by atoms with van der Waals surface area (Å²) in [4.78, 5) is 0. The minimum atomic E-state index is 0.538. The normalized spacial score (nSPS) is 12.5. The minimum Gasteiger partial charge on any atom is -0.489 e. The Bertz CT molecular complexity index is 1190. The van der Waals surface area contributed by atoms with Crippen LogP contribution in [0.5, 0.6) is 5.75 Å². The molecule has 0 fully saturated rings. The number of nitrogens with one attached hydrogen (secondary N) is 1. The summed E-state index contributed by atoms with van der Waals surface area (Å²) < 4.78 is 7.83. The number of nitrogens with zero attached hydrogens (tertiary/aromatic N) is 2. The van der Waals surface area contributed by atoms with E-state index in [9.17, 15) is 0 Å². The van der Waals surface area contributed by atoms with Crippen molar-refractivity contribution in [3.63, 3.8) is 0 Å². The predicted molar refractivity (Wildman–Crippen MR) is 122 cm³/mol. The fraction of sp³-hybridized carbons (Fsp3) is 0.125. The Morgan fingerprint density at radius 3 is 2.57 bits per heavy atom. The molecule has 0 bridgehead atoms. The van der Waals surface area contributed by atoms with Crippen LogP contribution in [0, 0.1) is 0 Å². The summed E-state index contributed by atoms with van der Waals surface area (Å²) in [5.74, 6) is 1.82. The molecular weight excluding hydrogens is 417 g/mol. The van der Waals surface area contributed by atoms with Crippen molar-refractivity contribution >= 4 is 29.0 Å². The van der Waals surface area contributed by atoms with Gasteiger partial charge in [0.1, 0.15) is 18.2 Å². The van der Waals surface area contributed by atoms with Gasteiger partial charge in [-0.2, -0.15) is 5.10 Å². The number of hydrogen-bond acceptors (Lipinski definition) is 3. The van der Waals surface area contributed by atoms with Gasteiger partial charge >= 0.3 is 0 Å². The van der Waals surface area contributed by atoms with Crippen molar-refractivity contribution in [3.8, 4) is 22.7 Å². The molecule has 1 aliphatic heterocycles. The summed E-state index contributed by atoms with van der Waals surface area (Å²) in [6.07, 6.45) is 0.895. The molecule has 0 spiro atoms. The van der Waals surface area contributed by atoms with Crippen molar-refractivity contribution in [1.29, 1.82) is 0 Å². The first-order valence-corrected chi connectivity index (χ1v) is 10.5. The highest BCUT2D eigenvalue weighted by Crippen LogP contribution is 2.38. The van der Waals surface area contributed by atoms with Crippen molar-refractivity contribution in [1.82, 2.24) is 9.78 Å². The lowest BCUT2D eigenvalue weighted by atomic mass is 10.1. The molecular formula is C24H19Cl2N3O. The molecule has 0 atom stereocenters. The van der Waals surface area contributed by atoms with Crippen LogP contribution >= 0.6 is 23.2 Å². The van der Waals surface area contributed by atoms with Crippen molar-refractivity contribution in [2.75, 3.05) is 11.9 Å². The lowest BCUT2D eigenvalue weighted by molar-refractivity contribution is 0.306. The molecule has 1 N–H and O–H groups in total. The average molecular weight is 436 g/mol. The Balaban J connectivity index is 1.44.